The second-order valence-corrected chi connectivity index (χ2v) is 5.97. The Bertz CT molecular complexity index is 201. The van der Waals surface area contributed by atoms with Crippen LogP contribution < -0.4 is 0 Å². The Hall–Kier alpha value is 0.210. The minimum Gasteiger partial charge on any atom is -0.0797 e. The molecule has 0 saturated heterocycles. The Morgan fingerprint density at radius 2 is 1.85 bits per heavy atom. The Labute approximate surface area is 95.6 Å². The minimum absolute atomic E-state index is 0.293. The molecule has 74 valence electrons. The van der Waals surface area contributed by atoms with Crippen molar-refractivity contribution < 1.29 is 0 Å². The predicted molar refractivity (Wildman–Crippen MR) is 68.3 cm³/mol. The number of alkyl halides is 1. The van der Waals surface area contributed by atoms with Crippen molar-refractivity contribution >= 4 is 22.6 Å². The van der Waals surface area contributed by atoms with E-state index in [1.807, 2.05) is 0 Å². The van der Waals surface area contributed by atoms with Crippen LogP contribution in [0.15, 0.2) is 24.3 Å². The molecule has 0 spiro atoms. The summed E-state index contributed by atoms with van der Waals surface area (Å²) in [5.74, 6) is 1.45. The Kier molecular flexibility index (Phi) is 4.02. The highest BCUT2D eigenvalue weighted by atomic mass is 127. The van der Waals surface area contributed by atoms with Gasteiger partial charge in [-0.2, -0.15) is 0 Å². The molecule has 0 aromatic heterocycles. The number of hydrogen-bond acceptors (Lipinski definition) is 0. The van der Waals surface area contributed by atoms with Crippen molar-refractivity contribution in [3.8, 4) is 0 Å². The Morgan fingerprint density at radius 3 is 2.23 bits per heavy atom. The van der Waals surface area contributed by atoms with Gasteiger partial charge in [0.15, 0.2) is 0 Å². The van der Waals surface area contributed by atoms with Gasteiger partial charge in [-0.05, 0) is 18.3 Å². The van der Waals surface area contributed by atoms with E-state index in [0.717, 1.165) is 5.92 Å². The fourth-order valence-electron chi connectivity index (χ4n) is 1.55. The van der Waals surface area contributed by atoms with Gasteiger partial charge in [0.05, 0.1) is 3.42 Å². The number of rotatable bonds is 3. The second-order valence-electron chi connectivity index (χ2n) is 3.96. The lowest BCUT2D eigenvalue weighted by atomic mass is 9.85. The summed E-state index contributed by atoms with van der Waals surface area (Å²) >= 11 is 2.53. The van der Waals surface area contributed by atoms with Crippen LogP contribution in [0, 0.1) is 11.8 Å². The summed E-state index contributed by atoms with van der Waals surface area (Å²) < 4.78 is 0.293. The first-order valence-electron chi connectivity index (χ1n) is 5.19. The van der Waals surface area contributed by atoms with Crippen LogP contribution in [0.4, 0.5) is 0 Å². The maximum Gasteiger partial charge on any atom is 0.0578 e. The van der Waals surface area contributed by atoms with Crippen molar-refractivity contribution in [2.75, 3.05) is 0 Å². The Balaban J connectivity index is 2.63. The van der Waals surface area contributed by atoms with Gasteiger partial charge in [-0.25, -0.2) is 0 Å². The Morgan fingerprint density at radius 1 is 1.31 bits per heavy atom. The molecule has 13 heavy (non-hydrogen) atoms. The predicted octanol–water partition coefficient (Wildman–Crippen LogP) is 4.36. The molecule has 1 rings (SSSR count). The molecule has 0 radical (unpaired) electrons. The van der Waals surface area contributed by atoms with Crippen LogP contribution in [0.25, 0.3) is 0 Å². The quantitative estimate of drug-likeness (QED) is 0.411. The molecule has 1 aliphatic rings. The molecule has 1 aliphatic carbocycles. The van der Waals surface area contributed by atoms with Crippen LogP contribution in [-0.4, -0.2) is 3.42 Å². The molecule has 0 aromatic rings. The SMILES string of the molecule is CCC(C)C1C=CC(I)(CC)C=C1. The first-order chi connectivity index (χ1) is 6.11. The van der Waals surface area contributed by atoms with Gasteiger partial charge in [0.1, 0.15) is 0 Å². The summed E-state index contributed by atoms with van der Waals surface area (Å²) in [6.45, 7) is 6.83. The first kappa shape index (κ1) is 11.3. The van der Waals surface area contributed by atoms with Crippen LogP contribution >= 0.6 is 22.6 Å². The van der Waals surface area contributed by atoms with E-state index in [2.05, 4.69) is 67.7 Å². The lowest BCUT2D eigenvalue weighted by molar-refractivity contribution is 0.476. The van der Waals surface area contributed by atoms with Crippen LogP contribution in [0.5, 0.6) is 0 Å². The molecule has 1 atom stereocenters. The smallest absolute Gasteiger partial charge is 0.0578 e. The zero-order chi connectivity index (χ0) is 9.90. The molecule has 1 heteroatoms. The van der Waals surface area contributed by atoms with Gasteiger partial charge in [-0.15, -0.1) is 0 Å². The van der Waals surface area contributed by atoms with Gasteiger partial charge in [0, 0.05) is 0 Å². The molecule has 0 bridgehead atoms. The van der Waals surface area contributed by atoms with E-state index in [0.29, 0.717) is 9.34 Å². The van der Waals surface area contributed by atoms with E-state index in [-0.39, 0.29) is 0 Å². The fourth-order valence-corrected chi connectivity index (χ4v) is 1.96. The lowest BCUT2D eigenvalue weighted by Crippen LogP contribution is -2.18. The third-order valence-corrected chi connectivity index (χ3v) is 4.52. The van der Waals surface area contributed by atoms with E-state index >= 15 is 0 Å². The highest BCUT2D eigenvalue weighted by Gasteiger charge is 2.22. The average molecular weight is 290 g/mol. The number of allylic oxidation sites excluding steroid dienone is 4. The molecule has 0 nitrogen and oxygen atoms in total. The molecule has 0 heterocycles. The van der Waals surface area contributed by atoms with Gasteiger partial charge >= 0.3 is 0 Å². The summed E-state index contributed by atoms with van der Waals surface area (Å²) in [5.41, 5.74) is 0. The van der Waals surface area contributed by atoms with E-state index in [1.165, 1.54) is 12.8 Å². The second kappa shape index (κ2) is 4.63. The molecule has 0 fully saturated rings. The van der Waals surface area contributed by atoms with E-state index in [1.54, 1.807) is 0 Å². The molecular weight excluding hydrogens is 271 g/mol. The van der Waals surface area contributed by atoms with Crippen molar-refractivity contribution in [3.05, 3.63) is 24.3 Å². The highest BCUT2D eigenvalue weighted by molar-refractivity contribution is 14.1. The zero-order valence-corrected chi connectivity index (χ0v) is 10.9. The first-order valence-corrected chi connectivity index (χ1v) is 6.27. The summed E-state index contributed by atoms with van der Waals surface area (Å²) in [6.07, 6.45) is 11.9. The maximum atomic E-state index is 2.53. The van der Waals surface area contributed by atoms with Crippen molar-refractivity contribution in [3.63, 3.8) is 0 Å². The molecule has 0 N–H and O–H groups in total. The average Bonchev–Trinajstić information content (AvgIpc) is 2.18. The summed E-state index contributed by atoms with van der Waals surface area (Å²) in [7, 11) is 0. The maximum absolute atomic E-state index is 2.53. The minimum atomic E-state index is 0.293. The summed E-state index contributed by atoms with van der Waals surface area (Å²) in [6, 6.07) is 0. The van der Waals surface area contributed by atoms with Crippen molar-refractivity contribution in [1.29, 1.82) is 0 Å². The van der Waals surface area contributed by atoms with Crippen LogP contribution in [0.2, 0.25) is 0 Å². The standard InChI is InChI=1S/C12H19I/c1-4-10(3)11-6-8-12(13,5-2)9-7-11/h6-11H,4-5H2,1-3H3. The lowest BCUT2D eigenvalue weighted by Gasteiger charge is -2.26. The molecular formula is C12H19I. The summed E-state index contributed by atoms with van der Waals surface area (Å²) in [5, 5.41) is 0. The normalized spacial score (nSPS) is 34.9. The topological polar surface area (TPSA) is 0 Å². The van der Waals surface area contributed by atoms with Gasteiger partial charge in [0.2, 0.25) is 0 Å². The van der Waals surface area contributed by atoms with E-state index in [9.17, 15) is 0 Å². The fraction of sp³-hybridized carbons (Fsp3) is 0.667. The van der Waals surface area contributed by atoms with Crippen molar-refractivity contribution in [2.45, 2.75) is 37.0 Å². The van der Waals surface area contributed by atoms with E-state index < -0.39 is 0 Å². The van der Waals surface area contributed by atoms with Crippen molar-refractivity contribution in [2.24, 2.45) is 11.8 Å². The van der Waals surface area contributed by atoms with Crippen molar-refractivity contribution in [1.82, 2.24) is 0 Å². The third kappa shape index (κ3) is 2.83. The van der Waals surface area contributed by atoms with Crippen LogP contribution in [0.3, 0.4) is 0 Å². The van der Waals surface area contributed by atoms with Crippen LogP contribution in [0.1, 0.15) is 33.6 Å². The molecule has 0 amide bonds. The molecule has 0 aromatic carbocycles. The van der Waals surface area contributed by atoms with Gasteiger partial charge in [-0.1, -0.05) is 74.1 Å². The third-order valence-electron chi connectivity index (χ3n) is 3.03. The van der Waals surface area contributed by atoms with E-state index in [4.69, 9.17) is 0 Å². The number of hydrogen-bond donors (Lipinski definition) is 0. The highest BCUT2D eigenvalue weighted by Crippen LogP contribution is 2.33. The molecule has 0 aliphatic heterocycles. The molecule has 0 saturated carbocycles. The van der Waals surface area contributed by atoms with Gasteiger partial charge in [0.25, 0.3) is 0 Å². The largest absolute Gasteiger partial charge is 0.0797 e. The summed E-state index contributed by atoms with van der Waals surface area (Å²) in [4.78, 5) is 0. The zero-order valence-electron chi connectivity index (χ0n) is 8.76. The molecule has 1 unspecified atom stereocenters. The van der Waals surface area contributed by atoms with Gasteiger partial charge in [-0.3, -0.25) is 0 Å². The van der Waals surface area contributed by atoms with Gasteiger partial charge < -0.3 is 0 Å². The number of halogens is 1. The monoisotopic (exact) mass is 290 g/mol. The van der Waals surface area contributed by atoms with Crippen LogP contribution in [-0.2, 0) is 0 Å².